The molecule has 1 aromatic carbocycles. The minimum Gasteiger partial charge on any atom is -0.481 e. The van der Waals surface area contributed by atoms with Crippen molar-refractivity contribution in [3.8, 4) is 0 Å². The standard InChI is InChI=1S/C17H23N3O6S/c18-11(9-27)15(23)20-13(8-10-4-2-1-3-5-10)16(24)19-12(17(25)26)6-7-14(21)22/h1-5,11-13,27H,6-9,18H2,(H,19,24)(H,20,23)(H,21,22)(H,25,26)/t11-,12-,13-/m0/s1. The topological polar surface area (TPSA) is 159 Å². The molecule has 1 rings (SSSR count). The zero-order chi connectivity index (χ0) is 20.4. The summed E-state index contributed by atoms with van der Waals surface area (Å²) >= 11 is 3.94. The molecule has 27 heavy (non-hydrogen) atoms. The molecule has 0 spiro atoms. The Kier molecular flexibility index (Phi) is 9.31. The van der Waals surface area contributed by atoms with Crippen molar-refractivity contribution >= 4 is 36.4 Å². The molecule has 0 aromatic heterocycles. The van der Waals surface area contributed by atoms with Crippen molar-refractivity contribution in [3.63, 3.8) is 0 Å². The Balaban J connectivity index is 2.91. The SMILES string of the molecule is N[C@@H](CS)C(=O)N[C@@H](Cc1ccccc1)C(=O)N[C@@H](CCC(=O)O)C(=O)O. The largest absolute Gasteiger partial charge is 0.481 e. The molecule has 0 aliphatic carbocycles. The van der Waals surface area contributed by atoms with Gasteiger partial charge in [-0.3, -0.25) is 14.4 Å². The lowest BCUT2D eigenvalue weighted by molar-refractivity contribution is -0.143. The highest BCUT2D eigenvalue weighted by molar-refractivity contribution is 7.80. The summed E-state index contributed by atoms with van der Waals surface area (Å²) in [5.74, 6) is -3.80. The second kappa shape index (κ2) is 11.2. The second-order valence-corrected chi connectivity index (χ2v) is 6.24. The van der Waals surface area contributed by atoms with Crippen LogP contribution in [0.5, 0.6) is 0 Å². The molecule has 0 saturated heterocycles. The van der Waals surface area contributed by atoms with Crippen LogP contribution >= 0.6 is 12.6 Å². The van der Waals surface area contributed by atoms with Crippen LogP contribution in [0.3, 0.4) is 0 Å². The van der Waals surface area contributed by atoms with Gasteiger partial charge in [0.2, 0.25) is 11.8 Å². The second-order valence-electron chi connectivity index (χ2n) is 5.87. The number of carboxylic acids is 2. The third-order valence-corrected chi connectivity index (χ3v) is 4.10. The zero-order valence-corrected chi connectivity index (χ0v) is 15.4. The van der Waals surface area contributed by atoms with Crippen molar-refractivity contribution in [2.45, 2.75) is 37.4 Å². The molecule has 0 heterocycles. The van der Waals surface area contributed by atoms with E-state index in [-0.39, 0.29) is 18.6 Å². The van der Waals surface area contributed by atoms with Crippen molar-refractivity contribution in [1.29, 1.82) is 0 Å². The van der Waals surface area contributed by atoms with Crippen LogP contribution in [0, 0.1) is 0 Å². The lowest BCUT2D eigenvalue weighted by atomic mass is 10.0. The average Bonchev–Trinajstić information content (AvgIpc) is 2.63. The van der Waals surface area contributed by atoms with Crippen LogP contribution in [0.4, 0.5) is 0 Å². The maximum atomic E-state index is 12.6. The van der Waals surface area contributed by atoms with Crippen LogP contribution in [-0.2, 0) is 25.6 Å². The van der Waals surface area contributed by atoms with Gasteiger partial charge in [-0.05, 0) is 12.0 Å². The first-order valence-electron chi connectivity index (χ1n) is 8.20. The summed E-state index contributed by atoms with van der Waals surface area (Å²) in [4.78, 5) is 46.5. The van der Waals surface area contributed by atoms with Gasteiger partial charge in [0.05, 0.1) is 6.04 Å². The fourth-order valence-electron chi connectivity index (χ4n) is 2.22. The van der Waals surface area contributed by atoms with Crippen LogP contribution in [0.15, 0.2) is 30.3 Å². The molecule has 0 saturated carbocycles. The predicted octanol–water partition coefficient (Wildman–Crippen LogP) is -0.595. The first-order valence-corrected chi connectivity index (χ1v) is 8.83. The van der Waals surface area contributed by atoms with Crippen molar-refractivity contribution in [1.82, 2.24) is 10.6 Å². The normalized spacial score (nSPS) is 13.9. The molecule has 0 bridgehead atoms. The summed E-state index contributed by atoms with van der Waals surface area (Å²) in [6, 6.07) is 5.44. The smallest absolute Gasteiger partial charge is 0.326 e. The highest BCUT2D eigenvalue weighted by Gasteiger charge is 2.28. The third kappa shape index (κ3) is 8.09. The van der Waals surface area contributed by atoms with E-state index in [1.54, 1.807) is 30.3 Å². The summed E-state index contributed by atoms with van der Waals surface area (Å²) in [6.45, 7) is 0. The molecule has 0 unspecified atom stereocenters. The molecular weight excluding hydrogens is 374 g/mol. The predicted molar refractivity (Wildman–Crippen MR) is 100 cm³/mol. The lowest BCUT2D eigenvalue weighted by Crippen LogP contribution is -2.55. The Morgan fingerprint density at radius 1 is 1.00 bits per heavy atom. The number of hydrogen-bond acceptors (Lipinski definition) is 6. The van der Waals surface area contributed by atoms with Crippen LogP contribution < -0.4 is 16.4 Å². The Bertz CT molecular complexity index is 670. The molecule has 148 valence electrons. The fraction of sp³-hybridized carbons (Fsp3) is 0.412. The van der Waals surface area contributed by atoms with E-state index in [1.807, 2.05) is 0 Å². The van der Waals surface area contributed by atoms with E-state index in [4.69, 9.17) is 10.8 Å². The van der Waals surface area contributed by atoms with Gasteiger partial charge in [-0.2, -0.15) is 12.6 Å². The minimum atomic E-state index is -1.39. The minimum absolute atomic E-state index is 0.0713. The Morgan fingerprint density at radius 2 is 1.59 bits per heavy atom. The zero-order valence-electron chi connectivity index (χ0n) is 14.5. The van der Waals surface area contributed by atoms with Gasteiger partial charge in [0.1, 0.15) is 12.1 Å². The van der Waals surface area contributed by atoms with Gasteiger partial charge < -0.3 is 26.6 Å². The number of hydrogen-bond donors (Lipinski definition) is 6. The van der Waals surface area contributed by atoms with Crippen LogP contribution in [0.2, 0.25) is 0 Å². The highest BCUT2D eigenvalue weighted by atomic mass is 32.1. The van der Waals surface area contributed by atoms with Crippen molar-refractivity contribution in [2.75, 3.05) is 5.75 Å². The quantitative estimate of drug-likeness (QED) is 0.272. The number of nitrogens with two attached hydrogens (primary N) is 1. The average molecular weight is 397 g/mol. The summed E-state index contributed by atoms with van der Waals surface area (Å²) in [5.41, 5.74) is 6.35. The van der Waals surface area contributed by atoms with Gasteiger partial charge in [-0.15, -0.1) is 0 Å². The van der Waals surface area contributed by atoms with E-state index in [0.29, 0.717) is 0 Å². The number of nitrogens with one attached hydrogen (secondary N) is 2. The molecule has 0 aliphatic rings. The Labute approximate surface area is 161 Å². The monoisotopic (exact) mass is 397 g/mol. The van der Waals surface area contributed by atoms with Crippen molar-refractivity contribution < 1.29 is 29.4 Å². The molecule has 10 heteroatoms. The maximum absolute atomic E-state index is 12.6. The molecule has 6 N–H and O–H groups in total. The number of benzene rings is 1. The summed E-state index contributed by atoms with van der Waals surface area (Å²) < 4.78 is 0. The Morgan fingerprint density at radius 3 is 2.11 bits per heavy atom. The van der Waals surface area contributed by atoms with E-state index in [2.05, 4.69) is 23.3 Å². The van der Waals surface area contributed by atoms with Crippen molar-refractivity contribution in [2.24, 2.45) is 5.73 Å². The third-order valence-electron chi connectivity index (χ3n) is 3.71. The highest BCUT2D eigenvalue weighted by Crippen LogP contribution is 2.06. The number of aliphatic carboxylic acids is 2. The Hall–Kier alpha value is -2.59. The van der Waals surface area contributed by atoms with Gasteiger partial charge >= 0.3 is 11.9 Å². The number of rotatable bonds is 11. The fourth-order valence-corrected chi connectivity index (χ4v) is 2.38. The first kappa shape index (κ1) is 22.5. The molecule has 9 nitrogen and oxygen atoms in total. The van der Waals surface area contributed by atoms with Gasteiger partial charge in [0.15, 0.2) is 0 Å². The van der Waals surface area contributed by atoms with E-state index < -0.39 is 48.3 Å². The van der Waals surface area contributed by atoms with E-state index >= 15 is 0 Å². The van der Waals surface area contributed by atoms with Crippen LogP contribution in [0.25, 0.3) is 0 Å². The van der Waals surface area contributed by atoms with Gasteiger partial charge in [0, 0.05) is 18.6 Å². The number of thiol groups is 1. The van der Waals surface area contributed by atoms with E-state index in [9.17, 15) is 24.3 Å². The molecule has 1 aromatic rings. The number of carbonyl (C=O) groups is 4. The molecule has 0 aliphatic heterocycles. The van der Waals surface area contributed by atoms with Crippen molar-refractivity contribution in [3.05, 3.63) is 35.9 Å². The molecule has 3 atom stereocenters. The molecular formula is C17H23N3O6S. The first-order chi connectivity index (χ1) is 12.7. The van der Waals surface area contributed by atoms with Gasteiger partial charge in [-0.1, -0.05) is 30.3 Å². The van der Waals surface area contributed by atoms with Gasteiger partial charge in [0.25, 0.3) is 0 Å². The molecule has 0 fully saturated rings. The molecule has 0 radical (unpaired) electrons. The summed E-state index contributed by atoms with van der Waals surface area (Å²) in [7, 11) is 0. The summed E-state index contributed by atoms with van der Waals surface area (Å²) in [5, 5.41) is 22.7. The molecule has 2 amide bonds. The lowest BCUT2D eigenvalue weighted by Gasteiger charge is -2.22. The van der Waals surface area contributed by atoms with Crippen LogP contribution in [-0.4, -0.2) is 57.8 Å². The van der Waals surface area contributed by atoms with E-state index in [0.717, 1.165) is 5.56 Å². The van der Waals surface area contributed by atoms with Crippen LogP contribution in [0.1, 0.15) is 18.4 Å². The number of carbonyl (C=O) groups excluding carboxylic acids is 2. The van der Waals surface area contributed by atoms with Gasteiger partial charge in [-0.25, -0.2) is 4.79 Å². The number of carboxylic acid groups (broad SMARTS) is 2. The number of amides is 2. The maximum Gasteiger partial charge on any atom is 0.326 e. The van der Waals surface area contributed by atoms with E-state index in [1.165, 1.54) is 0 Å². The summed E-state index contributed by atoms with van der Waals surface area (Å²) in [6.07, 6.45) is -0.584.